The monoisotopic (exact) mass is 313 g/mol. The molecule has 0 aromatic rings. The molecule has 0 spiro atoms. The second-order valence-electron chi connectivity index (χ2n) is 4.42. The van der Waals surface area contributed by atoms with E-state index in [2.05, 4.69) is 27.9 Å². The Balaban J connectivity index is 4.16. The maximum atomic E-state index is 11.6. The summed E-state index contributed by atoms with van der Waals surface area (Å²) in [6.07, 6.45) is 4.63. The number of carbonyl (C=O) groups excluding carboxylic acids is 3. The Morgan fingerprint density at radius 1 is 1.36 bits per heavy atom. The third-order valence-corrected chi connectivity index (χ3v) is 2.59. The van der Waals surface area contributed by atoms with E-state index in [-0.39, 0.29) is 13.2 Å². The van der Waals surface area contributed by atoms with Gasteiger partial charge in [0.05, 0.1) is 0 Å². The molecule has 1 unspecified atom stereocenters. The van der Waals surface area contributed by atoms with Gasteiger partial charge in [-0.3, -0.25) is 4.79 Å². The molecule has 0 aromatic carbocycles. The molecule has 0 radical (unpaired) electrons. The number of carbonyl (C=O) groups is 3. The van der Waals surface area contributed by atoms with Crippen molar-refractivity contribution in [2.45, 2.75) is 32.7 Å². The lowest BCUT2D eigenvalue weighted by Crippen LogP contribution is -2.46. The zero-order valence-corrected chi connectivity index (χ0v) is 12.9. The topological polar surface area (TPSA) is 120 Å². The number of nitrogens with two attached hydrogens (primary N) is 1. The van der Waals surface area contributed by atoms with Crippen molar-refractivity contribution >= 4 is 18.0 Å². The Morgan fingerprint density at radius 2 is 2.05 bits per heavy atom. The summed E-state index contributed by atoms with van der Waals surface area (Å²) < 4.78 is 4.98. The second-order valence-corrected chi connectivity index (χ2v) is 4.42. The fourth-order valence-electron chi connectivity index (χ4n) is 1.32. The fourth-order valence-corrected chi connectivity index (χ4v) is 1.32. The van der Waals surface area contributed by atoms with Crippen molar-refractivity contribution < 1.29 is 24.0 Å². The number of nitrogens with one attached hydrogen (secondary N) is 2. The molecule has 0 saturated carbocycles. The summed E-state index contributed by atoms with van der Waals surface area (Å²) in [6.45, 7) is 6.81. The van der Waals surface area contributed by atoms with Crippen LogP contribution >= 0.6 is 0 Å². The third-order valence-electron chi connectivity index (χ3n) is 2.59. The van der Waals surface area contributed by atoms with Crippen LogP contribution in [0.3, 0.4) is 0 Å². The molecular formula is C14H23N3O5. The van der Waals surface area contributed by atoms with Gasteiger partial charge in [-0.15, -0.1) is 0 Å². The number of ether oxygens (including phenoxy) is 1. The van der Waals surface area contributed by atoms with E-state index in [1.807, 2.05) is 13.0 Å². The van der Waals surface area contributed by atoms with Gasteiger partial charge in [-0.2, -0.15) is 5.90 Å². The largest absolute Gasteiger partial charge is 0.445 e. The van der Waals surface area contributed by atoms with Gasteiger partial charge in [0.2, 0.25) is 5.91 Å². The summed E-state index contributed by atoms with van der Waals surface area (Å²) in [5, 5.41) is 4.59. The number of alkyl carbamates (subject to hydrolysis) is 1. The smallest absolute Gasteiger partial charge is 0.408 e. The molecule has 124 valence electrons. The first-order valence-corrected chi connectivity index (χ1v) is 6.86. The van der Waals surface area contributed by atoms with E-state index in [9.17, 15) is 14.4 Å². The highest BCUT2D eigenvalue weighted by atomic mass is 16.7. The van der Waals surface area contributed by atoms with Crippen molar-refractivity contribution in [2.24, 2.45) is 5.90 Å². The summed E-state index contributed by atoms with van der Waals surface area (Å²) in [7, 11) is 0. The van der Waals surface area contributed by atoms with Crippen molar-refractivity contribution in [1.29, 1.82) is 0 Å². The molecule has 22 heavy (non-hydrogen) atoms. The first kappa shape index (κ1) is 19.7. The summed E-state index contributed by atoms with van der Waals surface area (Å²) >= 11 is 0. The standard InChI is InChI=1S/C14H23N3O5/c1-4-6-7-11(5-2)9-21-14(20)17-10(3)13(19)16-8-12(18)22-15/h5,7,10H,2,4,6,8-9,15H2,1,3H3,(H,16,19)(H,17,20)/b11-7+. The van der Waals surface area contributed by atoms with Crippen molar-refractivity contribution in [1.82, 2.24) is 10.6 Å². The predicted octanol–water partition coefficient (Wildman–Crippen LogP) is 0.547. The van der Waals surface area contributed by atoms with E-state index < -0.39 is 24.0 Å². The van der Waals surface area contributed by atoms with Crippen LogP contribution in [0.1, 0.15) is 26.7 Å². The van der Waals surface area contributed by atoms with Crippen LogP contribution in [0.25, 0.3) is 0 Å². The molecule has 0 fully saturated rings. The second kappa shape index (κ2) is 11.3. The number of amides is 2. The lowest BCUT2D eigenvalue weighted by molar-refractivity contribution is -0.144. The van der Waals surface area contributed by atoms with Crippen LogP contribution in [-0.4, -0.2) is 37.2 Å². The molecule has 1 atom stereocenters. The summed E-state index contributed by atoms with van der Waals surface area (Å²) in [6, 6.07) is -0.870. The van der Waals surface area contributed by atoms with Crippen molar-refractivity contribution in [2.75, 3.05) is 13.2 Å². The minimum Gasteiger partial charge on any atom is -0.445 e. The number of unbranched alkanes of at least 4 members (excludes halogenated alkanes) is 1. The molecular weight excluding hydrogens is 290 g/mol. The summed E-state index contributed by atoms with van der Waals surface area (Å²) in [4.78, 5) is 37.8. The van der Waals surface area contributed by atoms with Crippen LogP contribution in [-0.2, 0) is 19.2 Å². The van der Waals surface area contributed by atoms with Crippen LogP contribution in [0.15, 0.2) is 24.3 Å². The highest BCUT2D eigenvalue weighted by Crippen LogP contribution is 2.01. The fraction of sp³-hybridized carbons (Fsp3) is 0.500. The normalized spacial score (nSPS) is 12.0. The van der Waals surface area contributed by atoms with E-state index in [1.54, 1.807) is 6.08 Å². The van der Waals surface area contributed by atoms with Gasteiger partial charge in [0, 0.05) is 0 Å². The molecule has 0 bridgehead atoms. The van der Waals surface area contributed by atoms with Crippen LogP contribution in [0.2, 0.25) is 0 Å². The van der Waals surface area contributed by atoms with Gasteiger partial charge in [-0.1, -0.05) is 32.1 Å². The Kier molecular flexibility index (Phi) is 10.1. The highest BCUT2D eigenvalue weighted by molar-refractivity contribution is 5.87. The molecule has 0 heterocycles. The van der Waals surface area contributed by atoms with Crippen LogP contribution in [0.5, 0.6) is 0 Å². The number of allylic oxidation sites excluding steroid dienone is 1. The lowest BCUT2D eigenvalue weighted by Gasteiger charge is -2.13. The molecule has 0 aliphatic rings. The zero-order valence-electron chi connectivity index (χ0n) is 12.9. The Bertz CT molecular complexity index is 434. The zero-order chi connectivity index (χ0) is 17.0. The molecule has 4 N–H and O–H groups in total. The minimum atomic E-state index is -0.870. The van der Waals surface area contributed by atoms with E-state index in [1.165, 1.54) is 6.92 Å². The molecule has 0 aliphatic carbocycles. The van der Waals surface area contributed by atoms with Gasteiger partial charge < -0.3 is 20.2 Å². The van der Waals surface area contributed by atoms with Crippen molar-refractivity contribution in [3.63, 3.8) is 0 Å². The Hall–Kier alpha value is -2.35. The average molecular weight is 313 g/mol. The lowest BCUT2D eigenvalue weighted by atomic mass is 10.2. The van der Waals surface area contributed by atoms with Crippen LogP contribution < -0.4 is 16.5 Å². The van der Waals surface area contributed by atoms with Gasteiger partial charge in [0.15, 0.2) is 0 Å². The first-order valence-electron chi connectivity index (χ1n) is 6.86. The number of hydrogen-bond acceptors (Lipinski definition) is 6. The van der Waals surface area contributed by atoms with E-state index in [4.69, 9.17) is 4.74 Å². The van der Waals surface area contributed by atoms with Crippen LogP contribution in [0.4, 0.5) is 4.79 Å². The Labute approximate surface area is 129 Å². The van der Waals surface area contributed by atoms with E-state index in [0.717, 1.165) is 18.4 Å². The minimum absolute atomic E-state index is 0.0726. The molecule has 2 amide bonds. The molecule has 8 heteroatoms. The quantitative estimate of drug-likeness (QED) is 0.422. The highest BCUT2D eigenvalue weighted by Gasteiger charge is 2.17. The van der Waals surface area contributed by atoms with Gasteiger partial charge in [0.25, 0.3) is 0 Å². The Morgan fingerprint density at radius 3 is 2.59 bits per heavy atom. The average Bonchev–Trinajstić information content (AvgIpc) is 2.52. The SMILES string of the molecule is C=C/C(=C\CCC)COC(=O)NC(C)C(=O)NCC(=O)ON. The van der Waals surface area contributed by atoms with Gasteiger partial charge in [-0.05, 0) is 18.9 Å². The molecule has 0 rings (SSSR count). The summed E-state index contributed by atoms with van der Waals surface area (Å²) in [5.74, 6) is 3.27. The van der Waals surface area contributed by atoms with E-state index >= 15 is 0 Å². The van der Waals surface area contributed by atoms with Crippen LogP contribution in [0, 0.1) is 0 Å². The molecule has 0 saturated heterocycles. The predicted molar refractivity (Wildman–Crippen MR) is 80.4 cm³/mol. The third kappa shape index (κ3) is 8.75. The van der Waals surface area contributed by atoms with Gasteiger partial charge in [-0.25, -0.2) is 9.59 Å². The molecule has 0 aromatic heterocycles. The number of rotatable bonds is 9. The van der Waals surface area contributed by atoms with Gasteiger partial charge in [0.1, 0.15) is 19.2 Å². The summed E-state index contributed by atoms with van der Waals surface area (Å²) in [5.41, 5.74) is 0.791. The number of hydrogen-bond donors (Lipinski definition) is 3. The van der Waals surface area contributed by atoms with Gasteiger partial charge >= 0.3 is 12.1 Å². The van der Waals surface area contributed by atoms with Crippen molar-refractivity contribution in [3.8, 4) is 0 Å². The van der Waals surface area contributed by atoms with E-state index in [0.29, 0.717) is 0 Å². The maximum Gasteiger partial charge on any atom is 0.408 e. The molecule has 8 nitrogen and oxygen atoms in total. The van der Waals surface area contributed by atoms with Crippen molar-refractivity contribution in [3.05, 3.63) is 24.3 Å². The first-order chi connectivity index (χ1) is 10.4. The molecule has 0 aliphatic heterocycles. The maximum absolute atomic E-state index is 11.6.